The van der Waals surface area contributed by atoms with Crippen LogP contribution in [-0.2, 0) is 4.79 Å². The maximum Gasteiger partial charge on any atom is 0.314 e. The highest BCUT2D eigenvalue weighted by atomic mass is 16.2. The minimum atomic E-state index is -0.0926. The van der Waals surface area contributed by atoms with E-state index in [9.17, 15) is 9.59 Å². The fourth-order valence-electron chi connectivity index (χ4n) is 3.73. The van der Waals surface area contributed by atoms with Gasteiger partial charge in [-0.25, -0.2) is 4.79 Å². The minimum Gasteiger partial charge on any atom is -0.338 e. The van der Waals surface area contributed by atoms with Crippen LogP contribution in [0, 0.1) is 17.3 Å². The number of fused-ring (bicyclic) bond motifs is 1. The van der Waals surface area contributed by atoms with Crippen LogP contribution in [0.5, 0.6) is 0 Å². The largest absolute Gasteiger partial charge is 0.338 e. The van der Waals surface area contributed by atoms with E-state index in [4.69, 9.17) is 0 Å². The van der Waals surface area contributed by atoms with E-state index in [1.165, 1.54) is 18.5 Å². The van der Waals surface area contributed by atoms with E-state index in [1.54, 1.807) is 0 Å². The molecule has 0 spiro atoms. The molecule has 2 N–H and O–H groups in total. The van der Waals surface area contributed by atoms with Crippen molar-refractivity contribution in [3.05, 3.63) is 11.8 Å². The number of urea groups is 1. The zero-order valence-corrected chi connectivity index (χ0v) is 14.4. The topological polar surface area (TPSA) is 61.4 Å². The van der Waals surface area contributed by atoms with Gasteiger partial charge in [-0.1, -0.05) is 19.9 Å². The molecule has 5 heteroatoms. The normalized spacial score (nSPS) is 27.0. The minimum absolute atomic E-state index is 0.0298. The Morgan fingerprint density at radius 2 is 2.13 bits per heavy atom. The van der Waals surface area contributed by atoms with Crippen LogP contribution in [-0.4, -0.2) is 36.5 Å². The zero-order valence-electron chi connectivity index (χ0n) is 14.4. The van der Waals surface area contributed by atoms with Gasteiger partial charge in [0.15, 0.2) is 0 Å². The molecule has 1 saturated heterocycles. The van der Waals surface area contributed by atoms with Gasteiger partial charge in [0.25, 0.3) is 0 Å². The maximum atomic E-state index is 12.3. The molecule has 1 atom stereocenters. The summed E-state index contributed by atoms with van der Waals surface area (Å²) in [6.45, 7) is 6.37. The number of carbonyl (C=O) groups is 2. The second kappa shape index (κ2) is 6.54. The molecule has 2 fully saturated rings. The molecular weight excluding hydrogens is 290 g/mol. The third-order valence-electron chi connectivity index (χ3n) is 5.31. The summed E-state index contributed by atoms with van der Waals surface area (Å²) in [6, 6.07) is -0.0926. The molecule has 0 aromatic rings. The zero-order chi connectivity index (χ0) is 16.4. The first-order chi connectivity index (χ1) is 11.0. The molecule has 1 aliphatic heterocycles. The lowest BCUT2D eigenvalue weighted by Gasteiger charge is -2.42. The van der Waals surface area contributed by atoms with E-state index in [2.05, 4.69) is 30.6 Å². The molecule has 3 aliphatic rings. The molecule has 0 aromatic carbocycles. The van der Waals surface area contributed by atoms with Gasteiger partial charge in [-0.05, 0) is 43.9 Å². The van der Waals surface area contributed by atoms with Crippen molar-refractivity contribution in [2.75, 3.05) is 19.6 Å². The van der Waals surface area contributed by atoms with Crippen LogP contribution in [0.15, 0.2) is 11.8 Å². The summed E-state index contributed by atoms with van der Waals surface area (Å²) in [5.41, 5.74) is 1.16. The first kappa shape index (κ1) is 16.3. The highest BCUT2D eigenvalue weighted by molar-refractivity contribution is 5.80. The Bertz CT molecular complexity index is 510. The predicted octanol–water partition coefficient (Wildman–Crippen LogP) is 2.64. The van der Waals surface area contributed by atoms with Crippen LogP contribution < -0.4 is 10.6 Å². The van der Waals surface area contributed by atoms with Crippen molar-refractivity contribution in [1.29, 1.82) is 0 Å². The predicted molar refractivity (Wildman–Crippen MR) is 89.7 cm³/mol. The second-order valence-electron chi connectivity index (χ2n) is 7.81. The smallest absolute Gasteiger partial charge is 0.314 e. The molecule has 3 amide bonds. The molecule has 0 radical (unpaired) electrons. The fourth-order valence-corrected chi connectivity index (χ4v) is 3.73. The monoisotopic (exact) mass is 319 g/mol. The van der Waals surface area contributed by atoms with Gasteiger partial charge in [0.1, 0.15) is 0 Å². The highest BCUT2D eigenvalue weighted by Crippen LogP contribution is 2.48. The average molecular weight is 319 g/mol. The number of amides is 3. The number of carbonyl (C=O) groups excluding carboxylic acids is 2. The number of rotatable bonds is 6. The van der Waals surface area contributed by atoms with Crippen molar-refractivity contribution < 1.29 is 9.59 Å². The Balaban J connectivity index is 1.61. The summed E-state index contributed by atoms with van der Waals surface area (Å²) in [7, 11) is 0. The molecule has 1 unspecified atom stereocenters. The molecule has 2 aliphatic carbocycles. The van der Waals surface area contributed by atoms with Gasteiger partial charge in [-0.3, -0.25) is 4.79 Å². The van der Waals surface area contributed by atoms with Crippen LogP contribution in [0.1, 0.15) is 52.4 Å². The number of allylic oxidation sites excluding steroid dienone is 1. The summed E-state index contributed by atoms with van der Waals surface area (Å²) < 4.78 is 0. The molecule has 3 rings (SSSR count). The molecule has 1 saturated carbocycles. The first-order valence-corrected chi connectivity index (χ1v) is 9.03. The van der Waals surface area contributed by atoms with Crippen molar-refractivity contribution in [3.63, 3.8) is 0 Å². The van der Waals surface area contributed by atoms with Crippen LogP contribution in [0.3, 0.4) is 0 Å². The lowest BCUT2D eigenvalue weighted by molar-refractivity contribution is -0.133. The van der Waals surface area contributed by atoms with Gasteiger partial charge < -0.3 is 15.5 Å². The van der Waals surface area contributed by atoms with E-state index in [0.717, 1.165) is 25.8 Å². The molecule has 0 aromatic heterocycles. The molecule has 5 nitrogen and oxygen atoms in total. The Hall–Kier alpha value is -1.52. The van der Waals surface area contributed by atoms with Crippen LogP contribution in [0.2, 0.25) is 0 Å². The van der Waals surface area contributed by atoms with Crippen molar-refractivity contribution in [3.8, 4) is 0 Å². The Labute approximate surface area is 138 Å². The van der Waals surface area contributed by atoms with Gasteiger partial charge in [0.2, 0.25) is 5.91 Å². The Morgan fingerprint density at radius 1 is 1.35 bits per heavy atom. The van der Waals surface area contributed by atoms with Crippen molar-refractivity contribution >= 4 is 11.9 Å². The SMILES string of the molecule is CC(C)CNC(=O)NCC12CCC=C1N(CC1CC1)C(=O)CC2. The summed E-state index contributed by atoms with van der Waals surface area (Å²) in [4.78, 5) is 26.4. The molecular formula is C18H29N3O2. The van der Waals surface area contributed by atoms with E-state index >= 15 is 0 Å². The van der Waals surface area contributed by atoms with E-state index in [-0.39, 0.29) is 17.4 Å². The van der Waals surface area contributed by atoms with Gasteiger partial charge in [-0.2, -0.15) is 0 Å². The summed E-state index contributed by atoms with van der Waals surface area (Å²) in [6.07, 6.45) is 8.26. The van der Waals surface area contributed by atoms with Crippen LogP contribution >= 0.6 is 0 Å². The first-order valence-electron chi connectivity index (χ1n) is 9.03. The number of hydrogen-bond donors (Lipinski definition) is 2. The number of nitrogens with one attached hydrogen (secondary N) is 2. The summed E-state index contributed by atoms with van der Waals surface area (Å²) >= 11 is 0. The third kappa shape index (κ3) is 3.70. The van der Waals surface area contributed by atoms with Gasteiger partial charge in [0.05, 0.1) is 0 Å². The number of likely N-dealkylation sites (tertiary alicyclic amines) is 1. The summed E-state index contributed by atoms with van der Waals surface area (Å²) in [5.74, 6) is 1.41. The van der Waals surface area contributed by atoms with Crippen LogP contribution in [0.25, 0.3) is 0 Å². The number of piperidine rings is 1. The highest BCUT2D eigenvalue weighted by Gasteiger charge is 2.46. The molecule has 1 heterocycles. The van der Waals surface area contributed by atoms with Crippen molar-refractivity contribution in [2.45, 2.75) is 52.4 Å². The standard InChI is InChI=1S/C18H29N3O2/c1-13(2)10-19-17(23)20-12-18-8-3-4-15(18)21(11-14-5-6-14)16(22)7-9-18/h4,13-14H,3,5-12H2,1-2H3,(H2,19,20,23). The quantitative estimate of drug-likeness (QED) is 0.790. The van der Waals surface area contributed by atoms with Gasteiger partial charge in [-0.15, -0.1) is 0 Å². The lowest BCUT2D eigenvalue weighted by Crippen LogP contribution is -2.50. The van der Waals surface area contributed by atoms with Crippen molar-refractivity contribution in [1.82, 2.24) is 15.5 Å². The van der Waals surface area contributed by atoms with Gasteiger partial charge in [0, 0.05) is 37.2 Å². The molecule has 23 heavy (non-hydrogen) atoms. The summed E-state index contributed by atoms with van der Waals surface area (Å²) in [5, 5.41) is 5.96. The fraction of sp³-hybridized carbons (Fsp3) is 0.778. The third-order valence-corrected chi connectivity index (χ3v) is 5.31. The Morgan fingerprint density at radius 3 is 2.83 bits per heavy atom. The van der Waals surface area contributed by atoms with Crippen LogP contribution in [0.4, 0.5) is 4.79 Å². The number of hydrogen-bond acceptors (Lipinski definition) is 2. The number of nitrogens with zero attached hydrogens (tertiary/aromatic N) is 1. The average Bonchev–Trinajstić information content (AvgIpc) is 3.24. The van der Waals surface area contributed by atoms with Crippen molar-refractivity contribution in [2.24, 2.45) is 17.3 Å². The van der Waals surface area contributed by atoms with E-state index in [1.807, 2.05) is 4.90 Å². The second-order valence-corrected chi connectivity index (χ2v) is 7.81. The molecule has 0 bridgehead atoms. The van der Waals surface area contributed by atoms with E-state index < -0.39 is 0 Å². The lowest BCUT2D eigenvalue weighted by atomic mass is 9.76. The van der Waals surface area contributed by atoms with Gasteiger partial charge >= 0.3 is 6.03 Å². The maximum absolute atomic E-state index is 12.3. The van der Waals surface area contributed by atoms with E-state index in [0.29, 0.717) is 31.3 Å². The Kier molecular flexibility index (Phi) is 4.64. The molecule has 128 valence electrons.